The minimum absolute atomic E-state index is 0.108. The fourth-order valence-electron chi connectivity index (χ4n) is 3.37. The Morgan fingerprint density at radius 3 is 2.35 bits per heavy atom. The highest BCUT2D eigenvalue weighted by molar-refractivity contribution is 5.80. The van der Waals surface area contributed by atoms with Gasteiger partial charge in [-0.05, 0) is 38.0 Å². The average molecular weight is 280 g/mol. The van der Waals surface area contributed by atoms with Gasteiger partial charge < -0.3 is 10.2 Å². The molecule has 0 spiro atoms. The lowest BCUT2D eigenvalue weighted by Gasteiger charge is -2.32. The largest absolute Gasteiger partial charge is 0.356 e. The van der Waals surface area contributed by atoms with Crippen LogP contribution in [0.5, 0.6) is 0 Å². The number of rotatable bonds is 5. The summed E-state index contributed by atoms with van der Waals surface area (Å²) in [5.41, 5.74) is 0. The van der Waals surface area contributed by atoms with Gasteiger partial charge in [-0.1, -0.05) is 19.8 Å². The van der Waals surface area contributed by atoms with E-state index in [4.69, 9.17) is 0 Å². The second kappa shape index (κ2) is 7.65. The summed E-state index contributed by atoms with van der Waals surface area (Å²) >= 11 is 0. The van der Waals surface area contributed by atoms with Crippen LogP contribution < -0.4 is 5.32 Å². The number of carbonyl (C=O) groups excluding carboxylic acids is 2. The molecule has 0 atom stereocenters. The fraction of sp³-hybridized carbons (Fsp3) is 0.875. The van der Waals surface area contributed by atoms with Crippen LogP contribution >= 0.6 is 0 Å². The van der Waals surface area contributed by atoms with E-state index in [0.717, 1.165) is 45.3 Å². The third-order valence-electron chi connectivity index (χ3n) is 4.71. The normalized spacial score (nSPS) is 21.1. The second-order valence-corrected chi connectivity index (χ2v) is 6.30. The molecule has 1 heterocycles. The van der Waals surface area contributed by atoms with E-state index < -0.39 is 0 Å². The summed E-state index contributed by atoms with van der Waals surface area (Å²) in [7, 11) is 0. The van der Waals surface area contributed by atoms with Crippen LogP contribution in [0, 0.1) is 11.8 Å². The van der Waals surface area contributed by atoms with Gasteiger partial charge in [-0.15, -0.1) is 0 Å². The zero-order valence-corrected chi connectivity index (χ0v) is 12.7. The van der Waals surface area contributed by atoms with E-state index >= 15 is 0 Å². The van der Waals surface area contributed by atoms with Crippen molar-refractivity contribution in [3.63, 3.8) is 0 Å². The molecular weight excluding hydrogens is 252 g/mol. The molecule has 0 unspecified atom stereocenters. The maximum absolute atomic E-state index is 12.2. The summed E-state index contributed by atoms with van der Waals surface area (Å²) in [4.78, 5) is 26.1. The number of likely N-dealkylation sites (tertiary alicyclic amines) is 1. The molecule has 4 nitrogen and oxygen atoms in total. The second-order valence-electron chi connectivity index (χ2n) is 6.30. The van der Waals surface area contributed by atoms with Crippen LogP contribution in [0.3, 0.4) is 0 Å². The van der Waals surface area contributed by atoms with E-state index in [-0.39, 0.29) is 11.8 Å². The van der Waals surface area contributed by atoms with Gasteiger partial charge in [0.2, 0.25) is 11.8 Å². The molecule has 2 rings (SSSR count). The number of hydrogen-bond acceptors (Lipinski definition) is 2. The first-order valence-corrected chi connectivity index (χ1v) is 8.26. The van der Waals surface area contributed by atoms with Crippen molar-refractivity contribution in [3.8, 4) is 0 Å². The summed E-state index contributed by atoms with van der Waals surface area (Å²) in [6, 6.07) is 0. The van der Waals surface area contributed by atoms with Crippen LogP contribution in [0.25, 0.3) is 0 Å². The van der Waals surface area contributed by atoms with Gasteiger partial charge in [0, 0.05) is 32.0 Å². The third kappa shape index (κ3) is 4.22. The summed E-state index contributed by atoms with van der Waals surface area (Å²) in [6.45, 7) is 4.34. The SMILES string of the molecule is CCCNC(=O)C1CCN(C(=O)CC2CCCC2)CC1. The lowest BCUT2D eigenvalue weighted by molar-refractivity contribution is -0.136. The molecular formula is C16H28N2O2. The molecule has 1 saturated heterocycles. The smallest absolute Gasteiger partial charge is 0.223 e. The predicted octanol–water partition coefficient (Wildman–Crippen LogP) is 2.33. The molecule has 1 aliphatic carbocycles. The van der Waals surface area contributed by atoms with Gasteiger partial charge in [0.15, 0.2) is 0 Å². The predicted molar refractivity (Wildman–Crippen MR) is 79.2 cm³/mol. The molecule has 2 fully saturated rings. The lowest BCUT2D eigenvalue weighted by atomic mass is 9.94. The van der Waals surface area contributed by atoms with E-state index in [1.54, 1.807) is 0 Å². The van der Waals surface area contributed by atoms with Crippen molar-refractivity contribution in [1.29, 1.82) is 0 Å². The Hall–Kier alpha value is -1.06. The van der Waals surface area contributed by atoms with Gasteiger partial charge in [0.25, 0.3) is 0 Å². The standard InChI is InChI=1S/C16H28N2O2/c1-2-9-17-16(20)14-7-10-18(11-8-14)15(19)12-13-5-3-4-6-13/h13-14H,2-12H2,1H3,(H,17,20). The van der Waals surface area contributed by atoms with E-state index in [1.807, 2.05) is 4.90 Å². The topological polar surface area (TPSA) is 49.4 Å². The molecule has 0 aromatic heterocycles. The zero-order valence-electron chi connectivity index (χ0n) is 12.7. The van der Waals surface area contributed by atoms with E-state index in [9.17, 15) is 9.59 Å². The van der Waals surface area contributed by atoms with Crippen LogP contribution in [0.4, 0.5) is 0 Å². The van der Waals surface area contributed by atoms with E-state index in [1.165, 1.54) is 25.7 Å². The summed E-state index contributed by atoms with van der Waals surface area (Å²) in [6.07, 6.45) is 8.38. The van der Waals surface area contributed by atoms with Crippen LogP contribution in [0.15, 0.2) is 0 Å². The first-order valence-electron chi connectivity index (χ1n) is 8.26. The minimum atomic E-state index is 0.108. The van der Waals surface area contributed by atoms with Crippen molar-refractivity contribution in [2.24, 2.45) is 11.8 Å². The Kier molecular flexibility index (Phi) is 5.86. The quantitative estimate of drug-likeness (QED) is 0.840. The van der Waals surface area contributed by atoms with Crippen molar-refractivity contribution < 1.29 is 9.59 Å². The van der Waals surface area contributed by atoms with Crippen molar-refractivity contribution >= 4 is 11.8 Å². The number of amides is 2. The molecule has 4 heteroatoms. The van der Waals surface area contributed by atoms with Gasteiger partial charge in [0.1, 0.15) is 0 Å². The molecule has 1 N–H and O–H groups in total. The number of nitrogens with one attached hydrogen (secondary N) is 1. The first kappa shape index (κ1) is 15.3. The average Bonchev–Trinajstić information content (AvgIpc) is 2.97. The Labute approximate surface area is 122 Å². The highest BCUT2D eigenvalue weighted by Crippen LogP contribution is 2.28. The highest BCUT2D eigenvalue weighted by atomic mass is 16.2. The molecule has 1 saturated carbocycles. The number of nitrogens with zero attached hydrogens (tertiary/aromatic N) is 1. The summed E-state index contributed by atoms with van der Waals surface area (Å²) in [5.74, 6) is 1.21. The Balaban J connectivity index is 1.70. The molecule has 20 heavy (non-hydrogen) atoms. The number of carbonyl (C=O) groups is 2. The Morgan fingerprint density at radius 1 is 1.10 bits per heavy atom. The Bertz CT molecular complexity index is 329. The van der Waals surface area contributed by atoms with Gasteiger partial charge in [-0.2, -0.15) is 0 Å². The summed E-state index contributed by atoms with van der Waals surface area (Å²) < 4.78 is 0. The highest BCUT2D eigenvalue weighted by Gasteiger charge is 2.28. The molecule has 0 radical (unpaired) electrons. The van der Waals surface area contributed by atoms with Gasteiger partial charge in [0.05, 0.1) is 0 Å². The molecule has 0 aromatic rings. The zero-order chi connectivity index (χ0) is 14.4. The van der Waals surface area contributed by atoms with Crippen molar-refractivity contribution in [2.75, 3.05) is 19.6 Å². The summed E-state index contributed by atoms with van der Waals surface area (Å²) in [5, 5.41) is 2.96. The number of piperidine rings is 1. The third-order valence-corrected chi connectivity index (χ3v) is 4.71. The van der Waals surface area contributed by atoms with Crippen molar-refractivity contribution in [3.05, 3.63) is 0 Å². The maximum atomic E-state index is 12.2. The maximum Gasteiger partial charge on any atom is 0.223 e. The van der Waals surface area contributed by atoms with Crippen molar-refractivity contribution in [2.45, 2.75) is 58.3 Å². The monoisotopic (exact) mass is 280 g/mol. The van der Waals surface area contributed by atoms with E-state index in [0.29, 0.717) is 11.8 Å². The molecule has 114 valence electrons. The molecule has 2 amide bonds. The minimum Gasteiger partial charge on any atom is -0.356 e. The first-order chi connectivity index (χ1) is 9.70. The van der Waals surface area contributed by atoms with Crippen LogP contribution in [-0.2, 0) is 9.59 Å². The van der Waals surface area contributed by atoms with Crippen molar-refractivity contribution in [1.82, 2.24) is 10.2 Å². The molecule has 0 bridgehead atoms. The van der Waals surface area contributed by atoms with Gasteiger partial charge in [-0.3, -0.25) is 9.59 Å². The van der Waals surface area contributed by atoms with Gasteiger partial charge >= 0.3 is 0 Å². The van der Waals surface area contributed by atoms with E-state index in [2.05, 4.69) is 12.2 Å². The fourth-order valence-corrected chi connectivity index (χ4v) is 3.37. The van der Waals surface area contributed by atoms with Gasteiger partial charge in [-0.25, -0.2) is 0 Å². The lowest BCUT2D eigenvalue weighted by Crippen LogP contribution is -2.43. The van der Waals surface area contributed by atoms with Crippen LogP contribution in [0.2, 0.25) is 0 Å². The number of hydrogen-bond donors (Lipinski definition) is 1. The molecule has 1 aliphatic heterocycles. The molecule has 0 aromatic carbocycles. The molecule has 2 aliphatic rings. The van der Waals surface area contributed by atoms with Crippen LogP contribution in [-0.4, -0.2) is 36.3 Å². The Morgan fingerprint density at radius 2 is 1.75 bits per heavy atom. The van der Waals surface area contributed by atoms with Crippen LogP contribution in [0.1, 0.15) is 58.3 Å².